The zero-order valence-corrected chi connectivity index (χ0v) is 12.1. The van der Waals surface area contributed by atoms with Gasteiger partial charge >= 0.3 is 0 Å². The molecule has 2 rings (SSSR count). The Labute approximate surface area is 121 Å². The van der Waals surface area contributed by atoms with Crippen LogP contribution in [0.15, 0.2) is 24.3 Å². The summed E-state index contributed by atoms with van der Waals surface area (Å²) in [6.07, 6.45) is 0.470. The minimum Gasteiger partial charge on any atom is -0.399 e. The molecule has 4 N–H and O–H groups in total. The predicted octanol–water partition coefficient (Wildman–Crippen LogP) is 1.61. The molecule has 0 aliphatic heterocycles. The van der Waals surface area contributed by atoms with Crippen LogP contribution in [0.25, 0.3) is 10.1 Å². The van der Waals surface area contributed by atoms with Crippen molar-refractivity contribution in [1.29, 1.82) is 0 Å². The molecule has 0 saturated heterocycles. The largest absolute Gasteiger partial charge is 0.399 e. The van der Waals surface area contributed by atoms with E-state index in [1.165, 1.54) is 11.3 Å². The molecule has 0 aliphatic carbocycles. The lowest BCUT2D eigenvalue weighted by molar-refractivity contribution is 0.0883. The number of aliphatic hydroxyl groups excluding tert-OH is 1. The molecule has 1 aromatic heterocycles. The van der Waals surface area contributed by atoms with Crippen LogP contribution in [0.4, 0.5) is 5.69 Å². The number of benzene rings is 1. The number of amides is 1. The third-order valence-electron chi connectivity index (χ3n) is 2.94. The lowest BCUT2D eigenvalue weighted by atomic mass is 10.2. The molecule has 0 spiro atoms. The SMILES string of the molecule is COCC(CCO)NC(=O)c1cc2cc(N)ccc2s1. The average Bonchev–Trinajstić information content (AvgIpc) is 2.82. The lowest BCUT2D eigenvalue weighted by Gasteiger charge is -2.15. The van der Waals surface area contributed by atoms with E-state index in [1.807, 2.05) is 24.3 Å². The third kappa shape index (κ3) is 3.47. The number of hydrogen-bond acceptors (Lipinski definition) is 5. The number of nitrogens with one attached hydrogen (secondary N) is 1. The quantitative estimate of drug-likeness (QED) is 0.707. The summed E-state index contributed by atoms with van der Waals surface area (Å²) < 4.78 is 6.05. The average molecular weight is 294 g/mol. The second-order valence-electron chi connectivity index (χ2n) is 4.55. The zero-order chi connectivity index (χ0) is 14.5. The van der Waals surface area contributed by atoms with Gasteiger partial charge in [-0.15, -0.1) is 11.3 Å². The summed E-state index contributed by atoms with van der Waals surface area (Å²) >= 11 is 1.42. The highest BCUT2D eigenvalue weighted by atomic mass is 32.1. The van der Waals surface area contributed by atoms with E-state index in [1.54, 1.807) is 7.11 Å². The Morgan fingerprint density at radius 1 is 1.50 bits per heavy atom. The molecule has 1 heterocycles. The van der Waals surface area contributed by atoms with Crippen LogP contribution in [0.1, 0.15) is 16.1 Å². The summed E-state index contributed by atoms with van der Waals surface area (Å²) in [6.45, 7) is 0.390. The van der Waals surface area contributed by atoms with E-state index in [0.717, 1.165) is 10.1 Å². The van der Waals surface area contributed by atoms with Crippen LogP contribution in [-0.2, 0) is 4.74 Å². The maximum absolute atomic E-state index is 12.2. The number of thiophene rings is 1. The smallest absolute Gasteiger partial charge is 0.261 e. The van der Waals surface area contributed by atoms with E-state index in [0.29, 0.717) is 23.6 Å². The first-order valence-corrected chi connectivity index (χ1v) is 7.15. The standard InChI is InChI=1S/C14H18N2O3S/c1-19-8-11(4-5-17)16-14(18)13-7-9-6-10(15)2-3-12(9)20-13/h2-3,6-7,11,17H,4-5,8,15H2,1H3,(H,16,18). The van der Waals surface area contributed by atoms with Gasteiger partial charge in [0.15, 0.2) is 0 Å². The number of rotatable bonds is 6. The Morgan fingerprint density at radius 2 is 2.30 bits per heavy atom. The van der Waals surface area contributed by atoms with Gasteiger partial charge in [0.25, 0.3) is 5.91 Å². The fourth-order valence-corrected chi connectivity index (χ4v) is 2.93. The van der Waals surface area contributed by atoms with Gasteiger partial charge in [0.1, 0.15) is 0 Å². The summed E-state index contributed by atoms with van der Waals surface area (Å²) in [5.41, 5.74) is 6.41. The minimum atomic E-state index is -0.187. The molecule has 5 nitrogen and oxygen atoms in total. The van der Waals surface area contributed by atoms with Crippen LogP contribution in [0.3, 0.4) is 0 Å². The molecule has 0 saturated carbocycles. The van der Waals surface area contributed by atoms with Crippen LogP contribution in [0.5, 0.6) is 0 Å². The van der Waals surface area contributed by atoms with Crippen molar-refractivity contribution in [2.45, 2.75) is 12.5 Å². The number of hydrogen-bond donors (Lipinski definition) is 3. The van der Waals surface area contributed by atoms with E-state index in [2.05, 4.69) is 5.32 Å². The van der Waals surface area contributed by atoms with Crippen LogP contribution in [0, 0.1) is 0 Å². The molecule has 0 aliphatic rings. The number of carbonyl (C=O) groups is 1. The number of anilines is 1. The molecule has 0 fully saturated rings. The number of methoxy groups -OCH3 is 1. The molecular weight excluding hydrogens is 276 g/mol. The Kier molecular flexibility index (Phi) is 4.94. The van der Waals surface area contributed by atoms with Gasteiger partial charge in [-0.05, 0) is 36.1 Å². The molecular formula is C14H18N2O3S. The van der Waals surface area contributed by atoms with E-state index < -0.39 is 0 Å². The molecule has 2 aromatic rings. The number of nitrogen functional groups attached to an aromatic ring is 1. The third-order valence-corrected chi connectivity index (χ3v) is 4.06. The fraction of sp³-hybridized carbons (Fsp3) is 0.357. The monoisotopic (exact) mass is 294 g/mol. The Hall–Kier alpha value is -1.63. The highest BCUT2D eigenvalue weighted by molar-refractivity contribution is 7.20. The van der Waals surface area contributed by atoms with Crippen LogP contribution < -0.4 is 11.1 Å². The number of ether oxygens (including phenoxy) is 1. The molecule has 0 radical (unpaired) electrons. The van der Waals surface area contributed by atoms with Gasteiger partial charge in [-0.2, -0.15) is 0 Å². The normalized spacial score (nSPS) is 12.5. The first-order valence-electron chi connectivity index (χ1n) is 6.33. The van der Waals surface area contributed by atoms with Crippen molar-refractivity contribution >= 4 is 33.0 Å². The summed E-state index contributed by atoms with van der Waals surface area (Å²) in [4.78, 5) is 12.8. The van der Waals surface area contributed by atoms with Gasteiger partial charge in [-0.1, -0.05) is 0 Å². The Balaban J connectivity index is 2.13. The number of fused-ring (bicyclic) bond motifs is 1. The molecule has 1 aromatic carbocycles. The highest BCUT2D eigenvalue weighted by Crippen LogP contribution is 2.27. The van der Waals surface area contributed by atoms with Crippen LogP contribution >= 0.6 is 11.3 Å². The van der Waals surface area contributed by atoms with Crippen molar-refractivity contribution < 1.29 is 14.6 Å². The zero-order valence-electron chi connectivity index (χ0n) is 11.3. The molecule has 0 bridgehead atoms. The molecule has 1 unspecified atom stereocenters. The van der Waals surface area contributed by atoms with Crippen molar-refractivity contribution in [2.75, 3.05) is 26.1 Å². The molecule has 6 heteroatoms. The van der Waals surface area contributed by atoms with E-state index >= 15 is 0 Å². The van der Waals surface area contributed by atoms with Crippen molar-refractivity contribution in [3.05, 3.63) is 29.1 Å². The summed E-state index contributed by atoms with van der Waals surface area (Å²) in [7, 11) is 1.57. The Morgan fingerprint density at radius 3 is 3.00 bits per heavy atom. The van der Waals surface area contributed by atoms with E-state index in [4.69, 9.17) is 15.6 Å². The van der Waals surface area contributed by atoms with Gasteiger partial charge in [-0.3, -0.25) is 4.79 Å². The van der Waals surface area contributed by atoms with E-state index in [9.17, 15) is 4.79 Å². The summed E-state index contributed by atoms with van der Waals surface area (Å²) in [5, 5.41) is 12.8. The number of aliphatic hydroxyl groups is 1. The predicted molar refractivity (Wildman–Crippen MR) is 81.1 cm³/mol. The van der Waals surface area contributed by atoms with Gasteiger partial charge in [0.2, 0.25) is 0 Å². The molecule has 1 atom stereocenters. The first kappa shape index (κ1) is 14.8. The maximum atomic E-state index is 12.2. The van der Waals surface area contributed by atoms with Crippen molar-refractivity contribution in [2.24, 2.45) is 0 Å². The highest BCUT2D eigenvalue weighted by Gasteiger charge is 2.15. The summed E-state index contributed by atoms with van der Waals surface area (Å²) in [6, 6.07) is 7.22. The number of carbonyl (C=O) groups excluding carboxylic acids is 1. The minimum absolute atomic E-state index is 0.0112. The summed E-state index contributed by atoms with van der Waals surface area (Å²) in [5.74, 6) is -0.153. The fourth-order valence-electron chi connectivity index (χ4n) is 1.98. The van der Waals surface area contributed by atoms with Crippen molar-refractivity contribution in [3.63, 3.8) is 0 Å². The lowest BCUT2D eigenvalue weighted by Crippen LogP contribution is -2.38. The molecule has 108 valence electrons. The Bertz CT molecular complexity index is 591. The van der Waals surface area contributed by atoms with Gasteiger partial charge in [0.05, 0.1) is 17.5 Å². The van der Waals surface area contributed by atoms with Crippen LogP contribution in [0.2, 0.25) is 0 Å². The maximum Gasteiger partial charge on any atom is 0.261 e. The molecule has 1 amide bonds. The van der Waals surface area contributed by atoms with Crippen molar-refractivity contribution in [3.8, 4) is 0 Å². The van der Waals surface area contributed by atoms with Crippen molar-refractivity contribution in [1.82, 2.24) is 5.32 Å². The topological polar surface area (TPSA) is 84.6 Å². The van der Waals surface area contributed by atoms with Gasteiger partial charge in [-0.25, -0.2) is 0 Å². The second kappa shape index (κ2) is 6.69. The second-order valence-corrected chi connectivity index (χ2v) is 5.63. The number of nitrogens with two attached hydrogens (primary N) is 1. The van der Waals surface area contributed by atoms with Gasteiger partial charge in [0, 0.05) is 24.1 Å². The van der Waals surface area contributed by atoms with Crippen LogP contribution in [-0.4, -0.2) is 37.4 Å². The first-order chi connectivity index (χ1) is 9.63. The van der Waals surface area contributed by atoms with E-state index in [-0.39, 0.29) is 18.6 Å². The van der Waals surface area contributed by atoms with Gasteiger partial charge < -0.3 is 20.9 Å². The molecule has 20 heavy (non-hydrogen) atoms.